The molecule has 0 bridgehead atoms. The second kappa shape index (κ2) is 7.22. The minimum absolute atomic E-state index is 0.00394. The average molecular weight is 290 g/mol. The van der Waals surface area contributed by atoms with E-state index in [0.717, 1.165) is 25.7 Å². The van der Waals surface area contributed by atoms with Crippen LogP contribution in [0.15, 0.2) is 24.3 Å². The van der Waals surface area contributed by atoms with Crippen LogP contribution in [-0.4, -0.2) is 24.5 Å². The second-order valence-electron chi connectivity index (χ2n) is 5.47. The number of carbonyl (C=O) groups excluding carboxylic acids is 2. The molecule has 114 valence electrons. The number of amides is 1. The minimum atomic E-state index is -0.337. The van der Waals surface area contributed by atoms with Gasteiger partial charge >= 0.3 is 5.97 Å². The van der Waals surface area contributed by atoms with Gasteiger partial charge < -0.3 is 15.8 Å². The number of carbonyl (C=O) groups is 2. The molecule has 5 heteroatoms. The van der Waals surface area contributed by atoms with E-state index in [1.165, 1.54) is 0 Å². The summed E-state index contributed by atoms with van der Waals surface area (Å²) in [6, 6.07) is 6.89. The van der Waals surface area contributed by atoms with Crippen LogP contribution in [0.3, 0.4) is 0 Å². The number of nitrogens with one attached hydrogen (secondary N) is 1. The number of nitrogens with two attached hydrogens (primary N) is 1. The van der Waals surface area contributed by atoms with Crippen molar-refractivity contribution in [3.63, 3.8) is 0 Å². The lowest BCUT2D eigenvalue weighted by molar-refractivity contribution is -0.119. The Hall–Kier alpha value is -1.88. The number of esters is 1. The topological polar surface area (TPSA) is 81.4 Å². The summed E-state index contributed by atoms with van der Waals surface area (Å²) in [5.41, 5.74) is 7.00. The van der Waals surface area contributed by atoms with Gasteiger partial charge in [0.1, 0.15) is 0 Å². The third-order valence-electron chi connectivity index (χ3n) is 3.67. The maximum Gasteiger partial charge on any atom is 0.338 e. The first-order valence-electron chi connectivity index (χ1n) is 7.43. The predicted molar refractivity (Wildman–Crippen MR) is 81.0 cm³/mol. The van der Waals surface area contributed by atoms with Crippen LogP contribution < -0.4 is 11.1 Å². The van der Waals surface area contributed by atoms with Gasteiger partial charge in [-0.1, -0.05) is 6.92 Å². The lowest BCUT2D eigenvalue weighted by Gasteiger charge is -2.11. The maximum atomic E-state index is 12.1. The van der Waals surface area contributed by atoms with Crippen LogP contribution in [0, 0.1) is 5.92 Å². The molecule has 0 heterocycles. The van der Waals surface area contributed by atoms with Gasteiger partial charge in [-0.2, -0.15) is 0 Å². The van der Waals surface area contributed by atoms with Gasteiger partial charge in [-0.05, 0) is 49.9 Å². The van der Waals surface area contributed by atoms with Crippen molar-refractivity contribution in [3.8, 4) is 0 Å². The summed E-state index contributed by atoms with van der Waals surface area (Å²) in [5.74, 6) is -0.338. The number of ether oxygens (including phenoxy) is 1. The zero-order valence-electron chi connectivity index (χ0n) is 12.3. The summed E-state index contributed by atoms with van der Waals surface area (Å²) < 4.78 is 5.05. The first-order chi connectivity index (χ1) is 10.1. The van der Waals surface area contributed by atoms with Crippen molar-refractivity contribution in [2.24, 2.45) is 11.7 Å². The van der Waals surface area contributed by atoms with Crippen molar-refractivity contribution in [1.82, 2.24) is 0 Å². The van der Waals surface area contributed by atoms with Gasteiger partial charge in [-0.15, -0.1) is 0 Å². The molecule has 3 N–H and O–H groups in total. The van der Waals surface area contributed by atoms with E-state index in [1.807, 2.05) is 6.92 Å². The molecule has 2 rings (SSSR count). The Morgan fingerprint density at radius 1 is 1.29 bits per heavy atom. The molecular formula is C16H22N2O3. The first kappa shape index (κ1) is 15.5. The fourth-order valence-electron chi connectivity index (χ4n) is 2.47. The molecular weight excluding hydrogens is 268 g/mol. The smallest absolute Gasteiger partial charge is 0.338 e. The van der Waals surface area contributed by atoms with E-state index in [-0.39, 0.29) is 23.8 Å². The Labute approximate surface area is 124 Å². The van der Waals surface area contributed by atoms with Gasteiger partial charge in [0.15, 0.2) is 0 Å². The van der Waals surface area contributed by atoms with E-state index in [9.17, 15) is 9.59 Å². The number of hydrogen-bond acceptors (Lipinski definition) is 4. The summed E-state index contributed by atoms with van der Waals surface area (Å²) in [5, 5.41) is 2.87. The fourth-order valence-corrected chi connectivity index (χ4v) is 2.47. The van der Waals surface area contributed by atoms with Gasteiger partial charge in [-0.25, -0.2) is 4.79 Å². The predicted octanol–water partition coefficient (Wildman–Crippen LogP) is 2.32. The Kier molecular flexibility index (Phi) is 5.33. The monoisotopic (exact) mass is 290 g/mol. The van der Waals surface area contributed by atoms with Gasteiger partial charge in [0.05, 0.1) is 12.2 Å². The molecule has 0 aromatic heterocycles. The Morgan fingerprint density at radius 3 is 2.57 bits per heavy atom. The summed E-state index contributed by atoms with van der Waals surface area (Å²) in [6.07, 6.45) is 3.28. The molecule has 1 aliphatic rings. The highest BCUT2D eigenvalue weighted by atomic mass is 16.5. The Balaban J connectivity index is 1.90. The molecule has 21 heavy (non-hydrogen) atoms. The maximum absolute atomic E-state index is 12.1. The molecule has 0 aliphatic heterocycles. The fraction of sp³-hybridized carbons (Fsp3) is 0.500. The van der Waals surface area contributed by atoms with Crippen molar-refractivity contribution >= 4 is 17.6 Å². The molecule has 1 aromatic rings. The van der Waals surface area contributed by atoms with Gasteiger partial charge in [0, 0.05) is 17.6 Å². The largest absolute Gasteiger partial charge is 0.462 e. The van der Waals surface area contributed by atoms with Crippen molar-refractivity contribution in [1.29, 1.82) is 0 Å². The zero-order valence-corrected chi connectivity index (χ0v) is 12.3. The number of benzene rings is 1. The van der Waals surface area contributed by atoms with E-state index in [1.54, 1.807) is 24.3 Å². The van der Waals surface area contributed by atoms with E-state index < -0.39 is 0 Å². The second-order valence-corrected chi connectivity index (χ2v) is 5.47. The molecule has 0 spiro atoms. The van der Waals surface area contributed by atoms with E-state index >= 15 is 0 Å². The highest BCUT2D eigenvalue weighted by Gasteiger charge is 2.27. The first-order valence-corrected chi connectivity index (χ1v) is 7.43. The summed E-state index contributed by atoms with van der Waals surface area (Å²) in [6.45, 7) is 2.36. The minimum Gasteiger partial charge on any atom is -0.462 e. The van der Waals surface area contributed by atoms with Crippen LogP contribution in [0.4, 0.5) is 5.69 Å². The average Bonchev–Trinajstić information content (AvgIpc) is 2.92. The lowest BCUT2D eigenvalue weighted by Crippen LogP contribution is -2.23. The highest BCUT2D eigenvalue weighted by molar-refractivity contribution is 5.94. The number of rotatable bonds is 5. The molecule has 5 nitrogen and oxygen atoms in total. The lowest BCUT2D eigenvalue weighted by atomic mass is 10.1. The summed E-state index contributed by atoms with van der Waals surface area (Å²) >= 11 is 0. The van der Waals surface area contributed by atoms with Crippen molar-refractivity contribution in [3.05, 3.63) is 29.8 Å². The molecule has 1 saturated carbocycles. The van der Waals surface area contributed by atoms with E-state index in [2.05, 4.69) is 5.32 Å². The summed E-state index contributed by atoms with van der Waals surface area (Å²) in [7, 11) is 0. The molecule has 0 saturated heterocycles. The van der Waals surface area contributed by atoms with Crippen LogP contribution in [0.5, 0.6) is 0 Å². The quantitative estimate of drug-likeness (QED) is 0.815. The van der Waals surface area contributed by atoms with Crippen molar-refractivity contribution in [2.75, 3.05) is 11.9 Å². The normalized spacial score (nSPS) is 21.0. The third kappa shape index (κ3) is 4.29. The highest BCUT2D eigenvalue weighted by Crippen LogP contribution is 2.25. The molecule has 1 fully saturated rings. The number of anilines is 1. The molecule has 2 unspecified atom stereocenters. The van der Waals surface area contributed by atoms with E-state index in [4.69, 9.17) is 10.5 Å². The molecule has 2 atom stereocenters. The molecule has 1 amide bonds. The van der Waals surface area contributed by atoms with Crippen LogP contribution in [0.25, 0.3) is 0 Å². The third-order valence-corrected chi connectivity index (χ3v) is 3.67. The van der Waals surface area contributed by atoms with Gasteiger partial charge in [0.25, 0.3) is 0 Å². The van der Waals surface area contributed by atoms with Crippen molar-refractivity contribution < 1.29 is 14.3 Å². The standard InChI is InChI=1S/C16H22N2O3/c1-2-9-21-16(20)11-4-7-14(8-5-11)18-15(19)12-3-6-13(17)10-12/h4-5,7-8,12-13H,2-3,6,9-10,17H2,1H3,(H,18,19). The van der Waals surface area contributed by atoms with Gasteiger partial charge in [0.2, 0.25) is 5.91 Å². The van der Waals surface area contributed by atoms with Gasteiger partial charge in [-0.3, -0.25) is 4.79 Å². The summed E-state index contributed by atoms with van der Waals surface area (Å²) in [4.78, 5) is 23.7. The van der Waals surface area contributed by atoms with Crippen molar-refractivity contribution in [2.45, 2.75) is 38.6 Å². The van der Waals surface area contributed by atoms with Crippen LogP contribution in [-0.2, 0) is 9.53 Å². The Bertz CT molecular complexity index is 499. The SMILES string of the molecule is CCCOC(=O)c1ccc(NC(=O)C2CCC(N)C2)cc1. The molecule has 1 aromatic carbocycles. The van der Waals surface area contributed by atoms with Crippen LogP contribution in [0.2, 0.25) is 0 Å². The molecule has 0 radical (unpaired) electrons. The molecule has 1 aliphatic carbocycles. The number of hydrogen-bond donors (Lipinski definition) is 2. The van der Waals surface area contributed by atoms with Crippen LogP contribution in [0.1, 0.15) is 43.0 Å². The van der Waals surface area contributed by atoms with E-state index in [0.29, 0.717) is 17.9 Å². The zero-order chi connectivity index (χ0) is 15.2. The Morgan fingerprint density at radius 2 is 2.00 bits per heavy atom. The van der Waals surface area contributed by atoms with Crippen LogP contribution >= 0.6 is 0 Å².